The van der Waals surface area contributed by atoms with Crippen LogP contribution < -0.4 is 4.57 Å². The van der Waals surface area contributed by atoms with Crippen molar-refractivity contribution >= 4 is 21.9 Å². The average molecular weight is 524 g/mol. The molecule has 2 nitrogen and oxygen atoms in total. The Morgan fingerprint density at radius 3 is 2.38 bits per heavy atom. The lowest BCUT2D eigenvalue weighted by Crippen LogP contribution is -2.30. The Hall–Kier alpha value is -3.46. The monoisotopic (exact) mass is 523 g/mol. The molecule has 1 fully saturated rings. The van der Waals surface area contributed by atoms with Crippen molar-refractivity contribution in [2.75, 3.05) is 0 Å². The van der Waals surface area contributed by atoms with E-state index in [-0.39, 0.29) is 22.3 Å². The summed E-state index contributed by atoms with van der Waals surface area (Å²) in [6.45, 7) is 5.22. The minimum absolute atomic E-state index is 0.127. The summed E-state index contributed by atoms with van der Waals surface area (Å²) in [5.41, 5.74) is 3.59. The molecule has 39 heavy (non-hydrogen) atoms. The molecule has 0 aliphatic heterocycles. The Kier molecular flexibility index (Phi) is 4.54. The minimum Gasteiger partial charge on any atom is -0.454 e. The van der Waals surface area contributed by atoms with Crippen molar-refractivity contribution in [2.24, 2.45) is 12.5 Å². The molecular weight excluding hydrogens is 481 g/mol. The predicted octanol–water partition coefficient (Wildman–Crippen LogP) is 9.36. The fourth-order valence-electron chi connectivity index (χ4n) is 6.60. The van der Waals surface area contributed by atoms with Crippen molar-refractivity contribution in [1.29, 1.82) is 0 Å². The molecule has 0 N–H and O–H groups in total. The van der Waals surface area contributed by atoms with Gasteiger partial charge in [0.2, 0.25) is 5.69 Å². The van der Waals surface area contributed by atoms with Crippen LogP contribution in [0.5, 0.6) is 0 Å². The van der Waals surface area contributed by atoms with Crippen LogP contribution in [0.15, 0.2) is 65.2 Å². The lowest BCUT2D eigenvalue weighted by Gasteiger charge is -2.25. The van der Waals surface area contributed by atoms with E-state index < -0.39 is 29.9 Å². The van der Waals surface area contributed by atoms with Gasteiger partial charge in [-0.2, -0.15) is 0 Å². The van der Waals surface area contributed by atoms with Gasteiger partial charge in [0.15, 0.2) is 6.20 Å². The maximum Gasteiger partial charge on any atom is 0.216 e. The number of fused-ring (bicyclic) bond motifs is 4. The van der Waals surface area contributed by atoms with Crippen LogP contribution in [-0.4, -0.2) is 0 Å². The summed E-state index contributed by atoms with van der Waals surface area (Å²) in [4.78, 5) is 0. The molecule has 3 heteroatoms. The van der Waals surface area contributed by atoms with Crippen LogP contribution in [-0.2, 0) is 19.8 Å². The number of halogens is 1. The Bertz CT molecular complexity index is 1990. The van der Waals surface area contributed by atoms with Crippen molar-refractivity contribution in [2.45, 2.75) is 71.5 Å². The van der Waals surface area contributed by atoms with Crippen molar-refractivity contribution in [3.05, 3.63) is 88.9 Å². The van der Waals surface area contributed by atoms with Gasteiger partial charge < -0.3 is 4.42 Å². The SMILES string of the molecule is [2H]C1(c2ccc(-c3c(F)ccc4c3oc3c(-c5cccc[n+]5C)c(C)ccc34)c3c2C([2H])([2H])C(C)(C)C3([2H])[2H])CCCCC1. The van der Waals surface area contributed by atoms with Gasteiger partial charge in [0.25, 0.3) is 0 Å². The number of hydrogen-bond donors (Lipinski definition) is 0. The van der Waals surface area contributed by atoms with E-state index in [0.29, 0.717) is 35.0 Å². The largest absolute Gasteiger partial charge is 0.454 e. The van der Waals surface area contributed by atoms with Crippen LogP contribution in [0, 0.1) is 18.2 Å². The van der Waals surface area contributed by atoms with E-state index in [1.165, 1.54) is 6.07 Å². The highest BCUT2D eigenvalue weighted by Gasteiger charge is 2.35. The van der Waals surface area contributed by atoms with Gasteiger partial charge in [-0.1, -0.05) is 57.4 Å². The van der Waals surface area contributed by atoms with E-state index in [1.807, 2.05) is 55.1 Å². The molecule has 0 spiro atoms. The molecule has 2 aliphatic carbocycles. The highest BCUT2D eigenvalue weighted by Crippen LogP contribution is 2.49. The first-order valence-corrected chi connectivity index (χ1v) is 14.0. The molecule has 0 bridgehead atoms. The van der Waals surface area contributed by atoms with Gasteiger partial charge in [0.05, 0.1) is 11.1 Å². The van der Waals surface area contributed by atoms with Gasteiger partial charge in [-0.3, -0.25) is 0 Å². The smallest absolute Gasteiger partial charge is 0.216 e. The Labute approximate surface area is 237 Å². The fourth-order valence-corrected chi connectivity index (χ4v) is 6.60. The molecule has 0 radical (unpaired) electrons. The average Bonchev–Trinajstić information content (AvgIpc) is 3.39. The second-order valence-electron chi connectivity index (χ2n) is 11.7. The third-order valence-corrected chi connectivity index (χ3v) is 8.47. The maximum atomic E-state index is 16.2. The van der Waals surface area contributed by atoms with Crippen LogP contribution in [0.1, 0.15) is 81.0 Å². The summed E-state index contributed by atoms with van der Waals surface area (Å²) >= 11 is 0. The molecule has 5 aromatic rings. The topological polar surface area (TPSA) is 17.0 Å². The fraction of sp³-hybridized carbons (Fsp3) is 0.361. The molecule has 198 valence electrons. The van der Waals surface area contributed by atoms with Crippen molar-refractivity contribution < 1.29 is 20.2 Å². The predicted molar refractivity (Wildman–Crippen MR) is 157 cm³/mol. The van der Waals surface area contributed by atoms with Crippen molar-refractivity contribution in [1.82, 2.24) is 0 Å². The van der Waals surface area contributed by atoms with E-state index in [1.54, 1.807) is 32.0 Å². The van der Waals surface area contributed by atoms with Crippen LogP contribution in [0.25, 0.3) is 44.3 Å². The summed E-state index contributed by atoms with van der Waals surface area (Å²) in [6, 6.07) is 16.5. The van der Waals surface area contributed by atoms with Gasteiger partial charge in [0.1, 0.15) is 24.0 Å². The van der Waals surface area contributed by atoms with Crippen molar-refractivity contribution in [3.63, 3.8) is 0 Å². The van der Waals surface area contributed by atoms with E-state index in [9.17, 15) is 6.85 Å². The molecule has 2 aliphatic rings. The number of nitrogens with zero attached hydrogens (tertiary/aromatic N) is 1. The number of pyridine rings is 1. The molecule has 2 aromatic heterocycles. The molecule has 0 saturated heterocycles. The lowest BCUT2D eigenvalue weighted by atomic mass is 9.80. The van der Waals surface area contributed by atoms with Gasteiger partial charge in [-0.05, 0) is 89.8 Å². The van der Waals surface area contributed by atoms with Crippen LogP contribution in [0.3, 0.4) is 0 Å². The summed E-state index contributed by atoms with van der Waals surface area (Å²) in [5, 5.41) is 1.53. The zero-order valence-electron chi connectivity index (χ0n) is 28.0. The summed E-state index contributed by atoms with van der Waals surface area (Å²) < 4.78 is 71.7. The highest BCUT2D eigenvalue weighted by atomic mass is 19.1. The molecular formula is C36H37FNO+. The van der Waals surface area contributed by atoms with E-state index in [4.69, 9.17) is 4.42 Å². The van der Waals surface area contributed by atoms with Gasteiger partial charge >= 0.3 is 0 Å². The molecule has 3 aromatic carbocycles. The Morgan fingerprint density at radius 2 is 1.62 bits per heavy atom. The number of aryl methyl sites for hydroxylation is 2. The zero-order valence-corrected chi connectivity index (χ0v) is 23.0. The van der Waals surface area contributed by atoms with Gasteiger partial charge in [-0.25, -0.2) is 8.96 Å². The third kappa shape index (κ3) is 3.92. The van der Waals surface area contributed by atoms with Crippen molar-refractivity contribution in [3.8, 4) is 22.4 Å². The number of furan rings is 1. The highest BCUT2D eigenvalue weighted by molar-refractivity contribution is 6.13. The number of benzene rings is 3. The van der Waals surface area contributed by atoms with Crippen LogP contribution in [0.4, 0.5) is 4.39 Å². The summed E-state index contributed by atoms with van der Waals surface area (Å²) in [6.07, 6.45) is 1.67. The second kappa shape index (κ2) is 9.05. The van der Waals surface area contributed by atoms with Gasteiger partial charge in [0, 0.05) is 29.8 Å². The van der Waals surface area contributed by atoms with Crippen LogP contribution >= 0.6 is 0 Å². The quantitative estimate of drug-likeness (QED) is 0.215. The Balaban J connectivity index is 1.58. The molecule has 2 heterocycles. The first-order valence-electron chi connectivity index (χ1n) is 16.5. The maximum absolute atomic E-state index is 16.2. The normalized spacial score (nSPS) is 22.5. The Morgan fingerprint density at radius 1 is 0.897 bits per heavy atom. The minimum atomic E-state index is -2.15. The van der Waals surface area contributed by atoms with Gasteiger partial charge in [-0.15, -0.1) is 0 Å². The van der Waals surface area contributed by atoms with E-state index in [2.05, 4.69) is 0 Å². The molecule has 1 saturated carbocycles. The third-order valence-electron chi connectivity index (χ3n) is 8.47. The first kappa shape index (κ1) is 19.6. The summed E-state index contributed by atoms with van der Waals surface area (Å²) in [7, 11) is 1.97. The lowest BCUT2D eigenvalue weighted by molar-refractivity contribution is -0.660. The standard InChI is InChI=1S/C36H37FNO/c1-22-13-14-26-27-17-18-30(37)33(35(27)39-34(26)32(22)31-12-8-9-19-38(31)4)25-16-15-24(23-10-6-5-7-11-23)28-20-36(2,3)21-29(25)28/h8-9,12-19,23H,5-7,10-11,20-21H2,1-4H3/q+1/i20D2,21D2,23D. The molecule has 0 amide bonds. The number of aromatic nitrogens is 1. The van der Waals surface area contributed by atoms with E-state index in [0.717, 1.165) is 41.5 Å². The summed E-state index contributed by atoms with van der Waals surface area (Å²) in [5.74, 6) is -1.58. The number of hydrogen-bond acceptors (Lipinski definition) is 1. The second-order valence-corrected chi connectivity index (χ2v) is 11.7. The zero-order chi connectivity index (χ0) is 31.4. The first-order chi connectivity index (χ1) is 20.7. The molecule has 0 unspecified atom stereocenters. The molecule has 0 atom stereocenters. The van der Waals surface area contributed by atoms with Crippen LogP contribution in [0.2, 0.25) is 0 Å². The number of rotatable bonds is 3. The molecule has 7 rings (SSSR count). The van der Waals surface area contributed by atoms with E-state index >= 15 is 4.39 Å².